The number of piperidine rings is 1. The highest BCUT2D eigenvalue weighted by molar-refractivity contribution is 6.32. The summed E-state index contributed by atoms with van der Waals surface area (Å²) in [6, 6.07) is 47.9. The number of nitrogens with one attached hydrogen (secondary N) is 6. The number of hydrogen-bond donors (Lipinski definition) is 11. The third-order valence-electron chi connectivity index (χ3n) is 21.5. The van der Waals surface area contributed by atoms with Gasteiger partial charge in [0.2, 0.25) is 5.89 Å². The molecule has 5 amide bonds. The first kappa shape index (κ1) is 92.0. The molecule has 0 spiro atoms. The molecule has 4 aromatic carbocycles. The predicted molar refractivity (Wildman–Crippen MR) is 511 cm³/mol. The van der Waals surface area contributed by atoms with E-state index >= 15 is 0 Å². The number of carbonyl (C=O) groups is 5. The molecule has 2 aliphatic heterocycles. The topological polar surface area (TPSA) is 482 Å². The van der Waals surface area contributed by atoms with Gasteiger partial charge in [-0.25, -0.2) is 22.6 Å². The predicted octanol–water partition coefficient (Wildman–Crippen LogP) is 14.0. The summed E-state index contributed by atoms with van der Waals surface area (Å²) < 4.78 is 42.7. The first-order valence-electron chi connectivity index (χ1n) is 42.0. The van der Waals surface area contributed by atoms with Crippen LogP contribution in [0.5, 0.6) is 28.7 Å². The highest BCUT2D eigenvalue weighted by Gasteiger charge is 2.47. The summed E-state index contributed by atoms with van der Waals surface area (Å²) in [5.41, 5.74) is 42.4. The number of nitrogens with two attached hydrogens (primary N) is 5. The molecule has 39 heteroatoms. The molecule has 37 nitrogen and oxygen atoms in total. The first-order valence-corrected chi connectivity index (χ1v) is 42.7. The minimum atomic E-state index is -0.569. The fraction of sp³-hybridized carbons (Fsp3) is 0.168. The summed E-state index contributed by atoms with van der Waals surface area (Å²) in [4.78, 5) is 71.6. The summed E-state index contributed by atoms with van der Waals surface area (Å²) >= 11 is 12.8. The molecule has 3 aliphatic rings. The number of nitrogens with zero attached hydrogens (tertiary/aromatic N) is 15. The maximum Gasteiger partial charge on any atom is 0.252 e. The van der Waals surface area contributed by atoms with Gasteiger partial charge in [-0.2, -0.15) is 30.5 Å². The lowest BCUT2D eigenvalue weighted by molar-refractivity contribution is 0.0992. The number of benzene rings is 4. The summed E-state index contributed by atoms with van der Waals surface area (Å²) in [5, 5.41) is 44.9. The van der Waals surface area contributed by atoms with Gasteiger partial charge in [-0.15, -0.1) is 0 Å². The molecule has 14 heterocycles. The van der Waals surface area contributed by atoms with Gasteiger partial charge in [0, 0.05) is 112 Å². The molecule has 2 unspecified atom stereocenters. The number of hydrogen-bond acceptors (Lipinski definition) is 27. The van der Waals surface area contributed by atoms with E-state index in [1.165, 1.54) is 31.0 Å². The molecule has 684 valence electrons. The van der Waals surface area contributed by atoms with Crippen molar-refractivity contribution in [2.24, 2.45) is 28.7 Å². The first-order chi connectivity index (χ1) is 64.8. The van der Waals surface area contributed by atoms with Crippen molar-refractivity contribution in [2.45, 2.75) is 50.9 Å². The maximum atomic E-state index is 11.8. The normalized spacial score (nSPS) is 13.7. The van der Waals surface area contributed by atoms with Gasteiger partial charge in [0.25, 0.3) is 29.5 Å². The number of aromatic nitrogens is 13. The van der Waals surface area contributed by atoms with E-state index in [-0.39, 0.29) is 23.9 Å². The van der Waals surface area contributed by atoms with Crippen LogP contribution in [-0.2, 0) is 11.2 Å². The number of para-hydroxylation sites is 2. The number of pyridine rings is 1. The van der Waals surface area contributed by atoms with Gasteiger partial charge in [0.15, 0.2) is 11.6 Å². The molecule has 19 rings (SSSR count). The highest BCUT2D eigenvalue weighted by Crippen LogP contribution is 2.42. The molecule has 12 aromatic heterocycles. The number of rotatable bonds is 30. The molecule has 2 fully saturated rings. The SMILES string of the molecule is C=C(CCOc1ccc(Nc2c(C(N)=O)cnn3cccc23)cc1)N(C)C.C=C(COc1ccc(Nc2c(C(N)=O)cnn3cccc23)cc1Cl)NC.CN1CCC(Oc2ccc(Nc3c(C(N)=O)cnn4cccc34)cc2Cl)CC1.Cc1noc(CC2=CC=C(Nc3c(C(N)=O)cnn4cccc34)C3OC23)n1.NC(=O)c1cnn2cccc2c1Nc1ccccc1Oc1cccnc1. The van der Waals surface area contributed by atoms with Gasteiger partial charge >= 0.3 is 0 Å². The van der Waals surface area contributed by atoms with Crippen molar-refractivity contribution >= 4 is 132 Å². The van der Waals surface area contributed by atoms with Crippen LogP contribution in [-0.4, -0.2) is 175 Å². The summed E-state index contributed by atoms with van der Waals surface area (Å²) in [7, 11) is 7.81. The Labute approximate surface area is 776 Å². The Morgan fingerprint density at radius 1 is 0.515 bits per heavy atom. The minimum Gasteiger partial charge on any atom is -0.493 e. The van der Waals surface area contributed by atoms with E-state index in [0.717, 1.165) is 99.7 Å². The fourth-order valence-electron chi connectivity index (χ4n) is 14.4. The van der Waals surface area contributed by atoms with E-state index in [2.05, 4.69) is 97.6 Å². The molecule has 0 radical (unpaired) electrons. The third kappa shape index (κ3) is 22.2. The number of anilines is 9. The molecule has 134 heavy (non-hydrogen) atoms. The molecule has 16 aromatic rings. The van der Waals surface area contributed by atoms with E-state index in [1.807, 2.05) is 165 Å². The van der Waals surface area contributed by atoms with Crippen LogP contribution in [0.15, 0.2) is 285 Å². The zero-order valence-electron chi connectivity index (χ0n) is 73.2. The van der Waals surface area contributed by atoms with Crippen LogP contribution in [0.1, 0.15) is 82.8 Å². The molecule has 0 saturated carbocycles. The third-order valence-corrected chi connectivity index (χ3v) is 22.1. The number of fused-ring (bicyclic) bond motifs is 6. The summed E-state index contributed by atoms with van der Waals surface area (Å²) in [6.45, 7) is 12.5. The smallest absolute Gasteiger partial charge is 0.252 e. The molecule has 0 bridgehead atoms. The Morgan fingerprint density at radius 2 is 0.978 bits per heavy atom. The van der Waals surface area contributed by atoms with Crippen LogP contribution in [0.4, 0.5) is 51.2 Å². The van der Waals surface area contributed by atoms with E-state index in [9.17, 15) is 24.0 Å². The average Bonchev–Trinajstić information content (AvgIpc) is 1.60. The van der Waals surface area contributed by atoms with E-state index in [1.54, 1.807) is 104 Å². The Morgan fingerprint density at radius 3 is 1.43 bits per heavy atom. The van der Waals surface area contributed by atoms with Gasteiger partial charge in [0.05, 0.1) is 150 Å². The standard InChI is InChI=1S/C20H22ClN5O2.C20H23N5O2.C19H15N5O2.C18H18ClN5O2.C18H16N6O3/c1-25-9-6-14(7-10-25)28-18-5-4-13(11-16(18)21)24-19-15(20(22)27)12-23-26-8-2-3-17(19)26;1-14(24(2)3)10-12-27-16-8-6-15(7-9-16)23-19-17(20(21)26)13-22-25-11-4-5-18(19)25;20-19(25)14-12-22-24-10-4-7-16(24)18(14)23-15-6-1-2-8-17(15)26-13-5-3-9-21-11-13;1-11(21-2)10-26-16-6-5-12(8-14(16)19)23-17-13(18(20)25)9-22-24-7-3-4-15(17)24;1-9-21-14(27-23-9)7-10-4-5-12(17-16(10)26-17)22-15-11(18(19)25)8-20-24-6-2-3-13(15)24/h2-5,8,11-12,14,24H,6-7,9-10H2,1H3,(H2,22,27);4-9,11,13,23H,1,10,12H2,2-3H3,(H2,21,26);1-12,23H,(H2,20,25);3-9,21,23H,1,10H2,2H3,(H2,20,25);2-6,8,16-17,22H,7H2,1H3,(H2,19,25). The van der Waals surface area contributed by atoms with E-state index < -0.39 is 29.5 Å². The number of likely N-dealkylation sites (N-methyl/N-ethyl adjacent to an activating group) is 1. The second kappa shape index (κ2) is 41.8. The maximum absolute atomic E-state index is 11.8. The van der Waals surface area contributed by atoms with Crippen LogP contribution in [0, 0.1) is 6.92 Å². The number of halogens is 2. The molecular weight excluding hydrogens is 1750 g/mol. The van der Waals surface area contributed by atoms with Crippen molar-refractivity contribution in [1.82, 2.24) is 78.3 Å². The Hall–Kier alpha value is -16.8. The number of aryl methyl sites for hydroxylation is 1. The van der Waals surface area contributed by atoms with Crippen molar-refractivity contribution in [1.29, 1.82) is 0 Å². The van der Waals surface area contributed by atoms with Gasteiger partial charge < -0.3 is 98.6 Å². The molecule has 2 atom stereocenters. The lowest BCUT2D eigenvalue weighted by Crippen LogP contribution is -2.35. The van der Waals surface area contributed by atoms with Gasteiger partial charge in [0.1, 0.15) is 47.9 Å². The van der Waals surface area contributed by atoms with Gasteiger partial charge in [-0.05, 0) is 184 Å². The van der Waals surface area contributed by atoms with Crippen molar-refractivity contribution in [3.8, 4) is 28.7 Å². The number of primary amides is 5. The fourth-order valence-corrected chi connectivity index (χ4v) is 14.8. The Kier molecular flexibility index (Phi) is 28.7. The Bertz CT molecular complexity index is 7100. The molecular formula is C95H94Cl2N26O11. The second-order valence-electron chi connectivity index (χ2n) is 31.0. The zero-order chi connectivity index (χ0) is 94.2. The second-order valence-corrected chi connectivity index (χ2v) is 31.8. The number of ether oxygens (including phenoxy) is 5. The van der Waals surface area contributed by atoms with Crippen molar-refractivity contribution in [3.05, 3.63) is 330 Å². The molecule has 16 N–H and O–H groups in total. The monoisotopic (exact) mass is 1840 g/mol. The summed E-state index contributed by atoms with van der Waals surface area (Å²) in [6.07, 6.45) is 26.8. The van der Waals surface area contributed by atoms with Crippen LogP contribution in [0.25, 0.3) is 27.6 Å². The highest BCUT2D eigenvalue weighted by atomic mass is 35.5. The van der Waals surface area contributed by atoms with E-state index in [4.69, 9.17) is 80.1 Å². The van der Waals surface area contributed by atoms with Crippen LogP contribution >= 0.6 is 23.2 Å². The lowest BCUT2D eigenvalue weighted by Gasteiger charge is -2.29. The average molecular weight is 1850 g/mol. The number of carbonyl (C=O) groups excluding carboxylic acids is 5. The number of amides is 5. The van der Waals surface area contributed by atoms with Crippen molar-refractivity contribution in [2.75, 3.05) is 81.1 Å². The zero-order valence-corrected chi connectivity index (χ0v) is 74.8. The Balaban J connectivity index is 0.000000128. The minimum absolute atomic E-state index is 0.0358. The van der Waals surface area contributed by atoms with E-state index in [0.29, 0.717) is 126 Å². The number of likely N-dealkylation sites (tertiary alicyclic amines) is 1. The number of epoxide rings is 1. The van der Waals surface area contributed by atoms with Crippen molar-refractivity contribution < 1.29 is 52.2 Å². The van der Waals surface area contributed by atoms with Crippen LogP contribution in [0.3, 0.4) is 0 Å². The largest absolute Gasteiger partial charge is 0.493 e. The molecule has 2 saturated heterocycles. The lowest BCUT2D eigenvalue weighted by atomic mass is 9.99. The van der Waals surface area contributed by atoms with Crippen molar-refractivity contribution in [3.63, 3.8) is 0 Å². The summed E-state index contributed by atoms with van der Waals surface area (Å²) in [5.74, 6) is 1.60. The van der Waals surface area contributed by atoms with Gasteiger partial charge in [-0.1, -0.05) is 59.7 Å². The quantitative estimate of drug-likeness (QED) is 0.0186. The number of allylic oxidation sites excluding steroid dienone is 2. The molecule has 1 aliphatic carbocycles. The van der Waals surface area contributed by atoms with Crippen LogP contribution < -0.4 is 79.5 Å². The van der Waals surface area contributed by atoms with Crippen LogP contribution in [0.2, 0.25) is 10.0 Å². The van der Waals surface area contributed by atoms with Gasteiger partial charge in [-0.3, -0.25) is 29.0 Å².